The molecule has 0 spiro atoms. The first kappa shape index (κ1) is 4.30. The highest BCUT2D eigenvalue weighted by atomic mass is 16.2. The lowest BCUT2D eigenvalue weighted by Gasteiger charge is -1.88. The van der Waals surface area contributed by atoms with Crippen molar-refractivity contribution in [1.29, 1.82) is 0 Å². The van der Waals surface area contributed by atoms with Crippen molar-refractivity contribution in [1.82, 2.24) is 5.43 Å². The zero-order chi connectivity index (χ0) is 6.41. The number of rotatable bonds is 2. The lowest BCUT2D eigenvalue weighted by Crippen LogP contribution is -2.14. The molecule has 3 nitrogen and oxygen atoms in total. The molecule has 0 saturated carbocycles. The number of carbonyl (C=O) groups is 1. The second-order valence-electron chi connectivity index (χ2n) is 1.02. The summed E-state index contributed by atoms with van der Waals surface area (Å²) in [5, 5.41) is 3.18. The number of carbonyl (C=O) groups excluding carboxylic acids is 1. The fourth-order valence-electron chi connectivity index (χ4n) is 0.151. The van der Waals surface area contributed by atoms with Crippen LogP contribution >= 0.6 is 0 Å². The van der Waals surface area contributed by atoms with Crippen molar-refractivity contribution < 1.29 is 6.17 Å². The smallest absolute Gasteiger partial charge is 0.239 e. The van der Waals surface area contributed by atoms with Gasteiger partial charge in [-0.25, -0.2) is 5.43 Å². The van der Waals surface area contributed by atoms with Gasteiger partial charge in [-0.3, -0.25) is 4.79 Å². The van der Waals surface area contributed by atoms with Crippen molar-refractivity contribution in [2.45, 2.75) is 13.3 Å². The second-order valence-corrected chi connectivity index (χ2v) is 1.02. The van der Waals surface area contributed by atoms with Crippen LogP contribution in [0.4, 0.5) is 0 Å². The Bertz CT molecular complexity index is 102. The number of hydrogen-bond acceptors (Lipinski definition) is 2. The van der Waals surface area contributed by atoms with Crippen LogP contribution in [0.25, 0.3) is 0 Å². The van der Waals surface area contributed by atoms with Gasteiger partial charge in [-0.05, 0) is 0 Å². The summed E-state index contributed by atoms with van der Waals surface area (Å²) in [4.78, 5) is 10.3. The van der Waals surface area contributed by atoms with E-state index in [-0.39, 0.29) is 5.91 Å². The van der Waals surface area contributed by atoms with Gasteiger partial charge < -0.3 is 0 Å². The van der Waals surface area contributed by atoms with Gasteiger partial charge in [0.2, 0.25) is 5.91 Å². The van der Waals surface area contributed by atoms with Gasteiger partial charge in [0.25, 0.3) is 0 Å². The van der Waals surface area contributed by atoms with Gasteiger partial charge in [-0.15, -0.1) is 0 Å². The Morgan fingerprint density at radius 2 is 3.00 bits per heavy atom. The Morgan fingerprint density at radius 3 is 3.43 bits per heavy atom. The highest BCUT2D eigenvalue weighted by molar-refractivity contribution is 5.75. The molecular weight excluding hydrogens is 92.1 g/mol. The summed E-state index contributed by atoms with van der Waals surface area (Å²) >= 11 is 0. The number of amides is 1. The molecule has 0 aliphatic heterocycles. The Kier molecular flexibility index (Phi) is 2.05. The first-order valence-corrected chi connectivity index (χ1v) is 2.00. The van der Waals surface area contributed by atoms with Crippen LogP contribution in [0.1, 0.15) is 14.7 Å². The average molecular weight is 102 g/mol. The van der Waals surface area contributed by atoms with Crippen LogP contribution in [0.15, 0.2) is 5.10 Å². The van der Waals surface area contributed by atoms with Crippen molar-refractivity contribution in [2.75, 3.05) is 0 Å². The first-order chi connectivity index (χ1) is 3.81. The third-order valence-corrected chi connectivity index (χ3v) is 0.510. The van der Waals surface area contributed by atoms with Gasteiger partial charge >= 0.3 is 0 Å². The minimum atomic E-state index is -0.173. The Morgan fingerprint density at radius 1 is 2.29 bits per heavy atom. The molecule has 0 bridgehead atoms. The Balaban J connectivity index is 3.25. The van der Waals surface area contributed by atoms with E-state index in [1.807, 2.05) is 0 Å². The molecule has 1 N–H and O–H groups in total. The molecule has 0 aromatic heterocycles. The van der Waals surface area contributed by atoms with Gasteiger partial charge in [0, 0.05) is 13.1 Å². The summed E-state index contributed by atoms with van der Waals surface area (Å²) in [6.07, 6.45) is 0.400. The van der Waals surface area contributed by atoms with Crippen molar-refractivity contribution in [3.8, 4) is 0 Å². The third kappa shape index (κ3) is 2.96. The molecule has 0 fully saturated rings. The molecule has 1 amide bonds. The summed E-state index contributed by atoms with van der Waals surface area (Å²) in [6, 6.07) is 0. The molecule has 7 heavy (non-hydrogen) atoms. The van der Waals surface area contributed by atoms with Gasteiger partial charge in [0.15, 0.2) is 0 Å². The minimum Gasteiger partial charge on any atom is -0.273 e. The molecule has 0 atom stereocenters. The van der Waals surface area contributed by atoms with E-state index >= 15 is 0 Å². The molecule has 0 heterocycles. The first-order valence-electron chi connectivity index (χ1n) is 2.57. The summed E-state index contributed by atoms with van der Waals surface area (Å²) in [5.41, 5.74) is 2.12. The quantitative estimate of drug-likeness (QED) is 0.390. The van der Waals surface area contributed by atoms with E-state index in [1.54, 1.807) is 6.92 Å². The monoisotopic (exact) mass is 102 g/mol. The van der Waals surface area contributed by atoms with Crippen LogP contribution in [0, 0.1) is 0 Å². The molecule has 0 rings (SSSR count). The Hall–Kier alpha value is -0.860. The maximum atomic E-state index is 10.3. The third-order valence-electron chi connectivity index (χ3n) is 0.510. The van der Waals surface area contributed by atoms with Crippen LogP contribution < -0.4 is 5.43 Å². The maximum absolute atomic E-state index is 10.3. The van der Waals surface area contributed by atoms with Crippen LogP contribution in [-0.4, -0.2) is 12.6 Å². The SMILES string of the molecule is [3H]C=NNC(=O)CC. The summed E-state index contributed by atoms with van der Waals surface area (Å²) < 4.78 is 6.36. The molecule has 0 saturated heterocycles. The molecule has 0 radical (unpaired) electrons. The molecule has 3 heteroatoms. The second kappa shape index (κ2) is 3.33. The van der Waals surface area contributed by atoms with E-state index in [1.165, 1.54) is 0 Å². The zero-order valence-electron chi connectivity index (χ0n) is 5.14. The fraction of sp³-hybridized carbons (Fsp3) is 0.500. The Labute approximate surface area is 43.8 Å². The number of nitrogens with one attached hydrogen (secondary N) is 1. The number of nitrogens with zero attached hydrogens (tertiary/aromatic N) is 1. The fourth-order valence-corrected chi connectivity index (χ4v) is 0.151. The van der Waals surface area contributed by atoms with Gasteiger partial charge in [0.05, 0.1) is 1.37 Å². The van der Waals surface area contributed by atoms with Crippen molar-refractivity contribution >= 4 is 12.6 Å². The molecular formula is C4H8N2O. The molecule has 0 aliphatic carbocycles. The average Bonchev–Trinajstić information content (AvgIpc) is 1.83. The topological polar surface area (TPSA) is 41.5 Å². The highest BCUT2D eigenvalue weighted by Gasteiger charge is 1.87. The van der Waals surface area contributed by atoms with Crippen LogP contribution in [-0.2, 0) is 4.79 Å². The number of hydrazone groups is 1. The summed E-state index contributed by atoms with van der Waals surface area (Å²) in [7, 11) is 0. The number of hydrogen-bond donors (Lipinski definition) is 1. The van der Waals surface area contributed by atoms with E-state index < -0.39 is 0 Å². The van der Waals surface area contributed by atoms with Gasteiger partial charge in [-0.2, -0.15) is 5.10 Å². The minimum absolute atomic E-state index is 0.173. The largest absolute Gasteiger partial charge is 0.273 e. The van der Waals surface area contributed by atoms with Crippen LogP contribution in [0.3, 0.4) is 0 Å². The maximum Gasteiger partial charge on any atom is 0.239 e. The predicted molar refractivity (Wildman–Crippen MR) is 28.0 cm³/mol. The van der Waals surface area contributed by atoms with Crippen LogP contribution in [0.2, 0.25) is 0 Å². The van der Waals surface area contributed by atoms with Gasteiger partial charge in [-0.1, -0.05) is 6.92 Å². The van der Waals surface area contributed by atoms with E-state index in [0.717, 1.165) is 6.69 Å². The van der Waals surface area contributed by atoms with Crippen molar-refractivity contribution in [3.05, 3.63) is 0 Å². The molecule has 40 valence electrons. The van der Waals surface area contributed by atoms with E-state index in [0.29, 0.717) is 6.42 Å². The summed E-state index contributed by atoms with van der Waals surface area (Å²) in [5.74, 6) is -0.173. The molecule has 0 aromatic carbocycles. The normalized spacial score (nSPS) is 11.3. The van der Waals surface area contributed by atoms with Crippen LogP contribution in [0.5, 0.6) is 0 Å². The molecule has 0 aromatic rings. The lowest BCUT2D eigenvalue weighted by molar-refractivity contribution is -0.120. The van der Waals surface area contributed by atoms with E-state index in [9.17, 15) is 4.79 Å². The molecule has 0 unspecified atom stereocenters. The summed E-state index contributed by atoms with van der Waals surface area (Å²) in [6.45, 7) is 2.50. The predicted octanol–water partition coefficient (Wildman–Crippen LogP) is 0.128. The van der Waals surface area contributed by atoms with Crippen molar-refractivity contribution in [2.24, 2.45) is 5.10 Å². The molecule has 0 aliphatic rings. The zero-order valence-corrected chi connectivity index (χ0v) is 4.14. The van der Waals surface area contributed by atoms with E-state index in [4.69, 9.17) is 1.37 Å². The van der Waals surface area contributed by atoms with Crippen molar-refractivity contribution in [3.63, 3.8) is 0 Å². The van der Waals surface area contributed by atoms with E-state index in [2.05, 4.69) is 10.5 Å². The van der Waals surface area contributed by atoms with Gasteiger partial charge in [0.1, 0.15) is 0 Å². The lowest BCUT2D eigenvalue weighted by atomic mass is 10.5. The standard InChI is InChI=1S/C4H8N2O/c1-3-4(7)6-5-2/h2-3H2,1H3,(H,6,7)/i2T. The highest BCUT2D eigenvalue weighted by Crippen LogP contribution is 1.70.